The van der Waals surface area contributed by atoms with Crippen LogP contribution in [0.25, 0.3) is 0 Å². The lowest BCUT2D eigenvalue weighted by Crippen LogP contribution is -2.57. The molecule has 1 atom stereocenters. The predicted molar refractivity (Wildman–Crippen MR) is 102 cm³/mol. The van der Waals surface area contributed by atoms with Gasteiger partial charge in [0.1, 0.15) is 5.03 Å². The van der Waals surface area contributed by atoms with Gasteiger partial charge < -0.3 is 14.7 Å². The average Bonchev–Trinajstić information content (AvgIpc) is 3.09. The predicted octanol–water partition coefficient (Wildman–Crippen LogP) is 2.61. The number of benzene rings is 1. The Morgan fingerprint density at radius 3 is 2.59 bits per heavy atom. The van der Waals surface area contributed by atoms with Gasteiger partial charge in [-0.05, 0) is 56.1 Å². The fourth-order valence-corrected chi connectivity index (χ4v) is 4.47. The molecular weight excluding hydrogens is 364 g/mol. The molecule has 3 aliphatic rings. The zero-order valence-electron chi connectivity index (χ0n) is 15.1. The van der Waals surface area contributed by atoms with Gasteiger partial charge >= 0.3 is 0 Å². The number of rotatable bonds is 5. The van der Waals surface area contributed by atoms with Gasteiger partial charge in [-0.1, -0.05) is 16.9 Å². The number of anilines is 1. The quantitative estimate of drug-likeness (QED) is 0.821. The summed E-state index contributed by atoms with van der Waals surface area (Å²) < 4.78 is 5.05. The highest BCUT2D eigenvalue weighted by molar-refractivity contribution is 7.99. The van der Waals surface area contributed by atoms with Crippen LogP contribution in [0.4, 0.5) is 5.88 Å². The van der Waals surface area contributed by atoms with Crippen molar-refractivity contribution < 1.29 is 14.1 Å². The maximum Gasteiger partial charge on any atom is 0.251 e. The maximum absolute atomic E-state index is 12.6. The van der Waals surface area contributed by atoms with Crippen LogP contribution in [-0.2, 0) is 4.79 Å². The van der Waals surface area contributed by atoms with Crippen LogP contribution in [0, 0.1) is 5.92 Å². The third-order valence-electron chi connectivity index (χ3n) is 5.10. The Labute approximate surface area is 161 Å². The van der Waals surface area contributed by atoms with E-state index in [2.05, 4.69) is 20.7 Å². The molecule has 142 valence electrons. The molecule has 3 aliphatic heterocycles. The van der Waals surface area contributed by atoms with Crippen LogP contribution in [-0.4, -0.2) is 47.5 Å². The van der Waals surface area contributed by atoms with Crippen molar-refractivity contribution in [3.8, 4) is 0 Å². The van der Waals surface area contributed by atoms with Gasteiger partial charge in [0.05, 0.1) is 0 Å². The molecule has 0 aliphatic carbocycles. The third-order valence-corrected chi connectivity index (χ3v) is 6.01. The van der Waals surface area contributed by atoms with Crippen molar-refractivity contribution in [1.29, 1.82) is 0 Å². The van der Waals surface area contributed by atoms with Crippen LogP contribution in [0.3, 0.4) is 0 Å². The fraction of sp³-hybridized carbons (Fsp3) is 0.421. The van der Waals surface area contributed by atoms with Gasteiger partial charge in [-0.15, -0.1) is 0 Å². The minimum atomic E-state index is -0.207. The number of carbonyl (C=O) groups excluding carboxylic acids is 2. The zero-order valence-corrected chi connectivity index (χ0v) is 15.9. The number of piperidine rings is 3. The lowest BCUT2D eigenvalue weighted by molar-refractivity contribution is -0.114. The van der Waals surface area contributed by atoms with E-state index in [-0.39, 0.29) is 17.9 Å². The van der Waals surface area contributed by atoms with E-state index in [1.165, 1.54) is 31.5 Å². The van der Waals surface area contributed by atoms with Crippen LogP contribution in [0.15, 0.2) is 44.8 Å². The highest BCUT2D eigenvalue weighted by Gasteiger charge is 2.34. The highest BCUT2D eigenvalue weighted by atomic mass is 32.2. The molecule has 8 heteroatoms. The van der Waals surface area contributed by atoms with E-state index >= 15 is 0 Å². The van der Waals surface area contributed by atoms with Gasteiger partial charge in [-0.3, -0.25) is 14.9 Å². The lowest BCUT2D eigenvalue weighted by Gasteiger charge is -2.44. The Hall–Kier alpha value is -2.32. The Morgan fingerprint density at radius 1 is 1.22 bits per heavy atom. The van der Waals surface area contributed by atoms with Gasteiger partial charge in [-0.2, -0.15) is 0 Å². The summed E-state index contributed by atoms with van der Waals surface area (Å²) in [5, 5.41) is 10.3. The van der Waals surface area contributed by atoms with Crippen molar-refractivity contribution in [3.05, 3.63) is 35.9 Å². The number of hydrogen-bond acceptors (Lipinski definition) is 6. The van der Waals surface area contributed by atoms with Crippen LogP contribution in [0.2, 0.25) is 0 Å². The van der Waals surface area contributed by atoms with Gasteiger partial charge in [0.2, 0.25) is 11.8 Å². The normalized spacial score (nSPS) is 23.8. The first-order valence-electron chi connectivity index (χ1n) is 9.12. The average molecular weight is 386 g/mol. The van der Waals surface area contributed by atoms with E-state index < -0.39 is 0 Å². The summed E-state index contributed by atoms with van der Waals surface area (Å²) in [7, 11) is 0. The second kappa shape index (κ2) is 7.74. The summed E-state index contributed by atoms with van der Waals surface area (Å²) in [6.45, 7) is 4.70. The van der Waals surface area contributed by atoms with Crippen LogP contribution in [0.5, 0.6) is 0 Å². The topological polar surface area (TPSA) is 87.5 Å². The van der Waals surface area contributed by atoms with Crippen LogP contribution in [0.1, 0.15) is 30.1 Å². The van der Waals surface area contributed by atoms with E-state index in [1.807, 2.05) is 24.3 Å². The Balaban J connectivity index is 1.35. The minimum Gasteiger partial charge on any atom is -0.348 e. The van der Waals surface area contributed by atoms with Gasteiger partial charge in [0, 0.05) is 36.0 Å². The molecular formula is C19H22N4O3S. The van der Waals surface area contributed by atoms with Crippen LogP contribution < -0.4 is 10.6 Å². The smallest absolute Gasteiger partial charge is 0.251 e. The summed E-state index contributed by atoms with van der Waals surface area (Å²) in [6, 6.07) is 9.37. The van der Waals surface area contributed by atoms with E-state index in [9.17, 15) is 9.59 Å². The highest BCUT2D eigenvalue weighted by Crippen LogP contribution is 2.30. The Bertz CT molecular complexity index is 828. The number of aromatic nitrogens is 1. The Morgan fingerprint density at radius 2 is 1.96 bits per heavy atom. The molecule has 1 aromatic heterocycles. The third kappa shape index (κ3) is 4.33. The molecule has 2 amide bonds. The van der Waals surface area contributed by atoms with E-state index in [1.54, 1.807) is 6.07 Å². The summed E-state index contributed by atoms with van der Waals surface area (Å²) >= 11 is 1.41. The standard InChI is InChI=1S/C19H22N4O3S/c1-12(24)20-17-10-18(22-26-17)27-15-4-2-14(3-5-15)19(25)21-16-11-23-8-6-13(16)7-9-23/h2-5,10,13,16H,6-9,11H2,1H3,(H,20,24)(H,21,25)/t16-/m0/s1. The van der Waals surface area contributed by atoms with Gasteiger partial charge in [0.15, 0.2) is 0 Å². The van der Waals surface area contributed by atoms with Crippen molar-refractivity contribution in [2.24, 2.45) is 5.92 Å². The SMILES string of the molecule is CC(=O)Nc1cc(Sc2ccc(C(=O)N[C@H]3CN4CCC3CC4)cc2)no1. The largest absolute Gasteiger partial charge is 0.348 e. The lowest BCUT2D eigenvalue weighted by atomic mass is 9.84. The first-order chi connectivity index (χ1) is 13.1. The molecule has 4 heterocycles. The second-order valence-electron chi connectivity index (χ2n) is 7.06. The summed E-state index contributed by atoms with van der Waals surface area (Å²) in [6.07, 6.45) is 2.36. The number of nitrogens with zero attached hydrogens (tertiary/aromatic N) is 2. The molecule has 27 heavy (non-hydrogen) atoms. The molecule has 7 nitrogen and oxygen atoms in total. The number of carbonyl (C=O) groups is 2. The fourth-order valence-electron chi connectivity index (χ4n) is 3.71. The van der Waals surface area contributed by atoms with Crippen molar-refractivity contribution in [1.82, 2.24) is 15.4 Å². The Kier molecular flexibility index (Phi) is 5.18. The van der Waals surface area contributed by atoms with Gasteiger partial charge in [-0.25, -0.2) is 0 Å². The molecule has 3 fully saturated rings. The van der Waals surface area contributed by atoms with Crippen LogP contribution >= 0.6 is 11.8 Å². The summed E-state index contributed by atoms with van der Waals surface area (Å²) in [5.74, 6) is 0.706. The molecule has 5 rings (SSSR count). The first kappa shape index (κ1) is 18.1. The first-order valence-corrected chi connectivity index (χ1v) is 9.94. The van der Waals surface area contributed by atoms with Crippen molar-refractivity contribution in [2.45, 2.75) is 35.7 Å². The van der Waals surface area contributed by atoms with Crippen molar-refractivity contribution in [2.75, 3.05) is 25.0 Å². The molecule has 2 bridgehead atoms. The minimum absolute atomic E-state index is 0.0142. The molecule has 2 N–H and O–H groups in total. The molecule has 0 spiro atoms. The molecule has 2 aromatic rings. The van der Waals surface area contributed by atoms with Crippen molar-refractivity contribution in [3.63, 3.8) is 0 Å². The number of hydrogen-bond donors (Lipinski definition) is 2. The van der Waals surface area contributed by atoms with E-state index in [0.717, 1.165) is 24.5 Å². The molecule has 0 radical (unpaired) electrons. The van der Waals surface area contributed by atoms with Crippen molar-refractivity contribution >= 4 is 29.5 Å². The van der Waals surface area contributed by atoms with E-state index in [0.29, 0.717) is 22.4 Å². The molecule has 0 unspecified atom stereocenters. The molecule has 0 saturated carbocycles. The number of fused-ring (bicyclic) bond motifs is 3. The maximum atomic E-state index is 12.6. The number of amides is 2. The van der Waals surface area contributed by atoms with Gasteiger partial charge in [0.25, 0.3) is 5.91 Å². The zero-order chi connectivity index (χ0) is 18.8. The molecule has 1 aromatic carbocycles. The van der Waals surface area contributed by atoms with E-state index in [4.69, 9.17) is 4.52 Å². The second-order valence-corrected chi connectivity index (χ2v) is 8.15. The monoisotopic (exact) mass is 386 g/mol. The summed E-state index contributed by atoms with van der Waals surface area (Å²) in [4.78, 5) is 27.0. The molecule has 3 saturated heterocycles. The summed E-state index contributed by atoms with van der Waals surface area (Å²) in [5.41, 5.74) is 0.662. The number of nitrogens with one attached hydrogen (secondary N) is 2.